The van der Waals surface area contributed by atoms with Crippen molar-refractivity contribution in [1.82, 2.24) is 0 Å². The molecule has 78 valence electrons. The number of hydrogen-bond acceptors (Lipinski definition) is 2. The Morgan fingerprint density at radius 2 is 1.77 bits per heavy atom. The van der Waals surface area contributed by atoms with Crippen molar-refractivity contribution in [3.63, 3.8) is 0 Å². The van der Waals surface area contributed by atoms with Crippen molar-refractivity contribution in [1.29, 1.82) is 0 Å². The maximum absolute atomic E-state index is 5.86. The first-order valence-corrected chi connectivity index (χ1v) is 5.10. The van der Waals surface area contributed by atoms with Crippen molar-refractivity contribution in [3.8, 4) is 0 Å². The summed E-state index contributed by atoms with van der Waals surface area (Å²) in [6.07, 6.45) is 0.482. The maximum Gasteiger partial charge on any atom is 0.161 e. The first-order valence-electron chi connectivity index (χ1n) is 4.66. The number of ether oxygens (including phenoxy) is 2. The number of rotatable bonds is 7. The lowest BCUT2D eigenvalue weighted by Gasteiger charge is -2.18. The highest BCUT2D eigenvalue weighted by atomic mass is 35.5. The molecule has 0 N–H and O–H groups in total. The zero-order valence-electron chi connectivity index (χ0n) is 8.68. The molecule has 2 nitrogen and oxygen atoms in total. The molecule has 0 saturated heterocycles. The van der Waals surface area contributed by atoms with E-state index in [9.17, 15) is 0 Å². The Morgan fingerprint density at radius 1 is 1.31 bits per heavy atom. The standard InChI is InChI=1S/C10H19ClO2/c1-5-12-10(13-6-2)7-8(3)9(4)11/h9-10H,3,5-7H2,1-2,4H3. The Labute approximate surface area is 85.9 Å². The molecule has 0 aliphatic heterocycles. The minimum atomic E-state index is -0.191. The normalized spacial score (nSPS) is 13.3. The van der Waals surface area contributed by atoms with Crippen molar-refractivity contribution in [2.75, 3.05) is 13.2 Å². The molecular weight excluding hydrogens is 188 g/mol. The molecule has 1 unspecified atom stereocenters. The van der Waals surface area contributed by atoms with Crippen LogP contribution in [0.4, 0.5) is 0 Å². The second-order valence-electron chi connectivity index (χ2n) is 2.82. The predicted molar refractivity (Wildman–Crippen MR) is 56.1 cm³/mol. The lowest BCUT2D eigenvalue weighted by molar-refractivity contribution is -0.134. The molecular formula is C10H19ClO2. The van der Waals surface area contributed by atoms with Crippen molar-refractivity contribution in [2.45, 2.75) is 38.9 Å². The summed E-state index contributed by atoms with van der Waals surface area (Å²) in [6, 6.07) is 0. The van der Waals surface area contributed by atoms with E-state index >= 15 is 0 Å². The monoisotopic (exact) mass is 206 g/mol. The largest absolute Gasteiger partial charge is 0.353 e. The van der Waals surface area contributed by atoms with E-state index in [-0.39, 0.29) is 11.7 Å². The van der Waals surface area contributed by atoms with Gasteiger partial charge in [0.2, 0.25) is 0 Å². The van der Waals surface area contributed by atoms with Crippen molar-refractivity contribution < 1.29 is 9.47 Å². The first kappa shape index (κ1) is 12.9. The van der Waals surface area contributed by atoms with Gasteiger partial charge >= 0.3 is 0 Å². The molecule has 3 heteroatoms. The zero-order chi connectivity index (χ0) is 10.3. The predicted octanol–water partition coefficient (Wildman–Crippen LogP) is 2.96. The average molecular weight is 207 g/mol. The molecule has 0 aromatic carbocycles. The summed E-state index contributed by atoms with van der Waals surface area (Å²) < 4.78 is 10.7. The van der Waals surface area contributed by atoms with Crippen molar-refractivity contribution in [3.05, 3.63) is 12.2 Å². The van der Waals surface area contributed by atoms with Crippen molar-refractivity contribution in [2.24, 2.45) is 0 Å². The molecule has 0 bridgehead atoms. The molecule has 0 radical (unpaired) electrons. The van der Waals surface area contributed by atoms with Crippen LogP contribution in [0.3, 0.4) is 0 Å². The van der Waals surface area contributed by atoms with E-state index in [4.69, 9.17) is 21.1 Å². The summed E-state index contributed by atoms with van der Waals surface area (Å²) >= 11 is 5.86. The van der Waals surface area contributed by atoms with Crippen LogP contribution in [0.25, 0.3) is 0 Å². The van der Waals surface area contributed by atoms with Gasteiger partial charge < -0.3 is 9.47 Å². The van der Waals surface area contributed by atoms with Crippen LogP contribution in [0.15, 0.2) is 12.2 Å². The van der Waals surface area contributed by atoms with Gasteiger partial charge in [0.25, 0.3) is 0 Å². The Bertz CT molecular complexity index is 140. The summed E-state index contributed by atoms with van der Waals surface area (Å²) in [5, 5.41) is -0.0246. The van der Waals surface area contributed by atoms with Gasteiger partial charge in [-0.25, -0.2) is 0 Å². The van der Waals surface area contributed by atoms with Gasteiger partial charge in [-0.3, -0.25) is 0 Å². The van der Waals surface area contributed by atoms with Crippen LogP contribution in [0.1, 0.15) is 27.2 Å². The summed E-state index contributed by atoms with van der Waals surface area (Å²) in [7, 11) is 0. The van der Waals surface area contributed by atoms with Gasteiger partial charge in [-0.15, -0.1) is 11.6 Å². The topological polar surface area (TPSA) is 18.5 Å². The van der Waals surface area contributed by atoms with Gasteiger partial charge in [-0.05, 0) is 20.8 Å². The fourth-order valence-electron chi connectivity index (χ4n) is 0.914. The fraction of sp³-hybridized carbons (Fsp3) is 0.800. The van der Waals surface area contributed by atoms with Crippen LogP contribution < -0.4 is 0 Å². The highest BCUT2D eigenvalue weighted by Gasteiger charge is 2.12. The third-order valence-electron chi connectivity index (χ3n) is 1.70. The van der Waals surface area contributed by atoms with E-state index in [0.717, 1.165) is 5.57 Å². The van der Waals surface area contributed by atoms with Gasteiger partial charge in [-0.2, -0.15) is 0 Å². The van der Waals surface area contributed by atoms with E-state index in [1.165, 1.54) is 0 Å². The van der Waals surface area contributed by atoms with Gasteiger partial charge in [0.15, 0.2) is 6.29 Å². The minimum absolute atomic E-state index is 0.0246. The molecule has 0 aliphatic rings. The SMILES string of the molecule is C=C(CC(OCC)OCC)C(C)Cl. The lowest BCUT2D eigenvalue weighted by atomic mass is 10.1. The summed E-state index contributed by atoms with van der Waals surface area (Å²) in [5.74, 6) is 0. The number of halogens is 1. The van der Waals surface area contributed by atoms with Gasteiger partial charge in [-0.1, -0.05) is 12.2 Å². The van der Waals surface area contributed by atoms with Crippen LogP contribution in [0.2, 0.25) is 0 Å². The Hall–Kier alpha value is -0.0500. The Morgan fingerprint density at radius 3 is 2.08 bits per heavy atom. The maximum atomic E-state index is 5.86. The van der Waals surface area contributed by atoms with E-state index < -0.39 is 0 Å². The first-order chi connectivity index (χ1) is 6.11. The molecule has 13 heavy (non-hydrogen) atoms. The number of alkyl halides is 1. The lowest BCUT2D eigenvalue weighted by Crippen LogP contribution is -2.19. The summed E-state index contributed by atoms with van der Waals surface area (Å²) in [5.41, 5.74) is 0.952. The quantitative estimate of drug-likeness (QED) is 0.362. The van der Waals surface area contributed by atoms with Crippen LogP contribution in [-0.2, 0) is 9.47 Å². The van der Waals surface area contributed by atoms with Crippen LogP contribution >= 0.6 is 11.6 Å². The van der Waals surface area contributed by atoms with E-state index in [0.29, 0.717) is 19.6 Å². The van der Waals surface area contributed by atoms with Gasteiger partial charge in [0, 0.05) is 19.6 Å². The van der Waals surface area contributed by atoms with Crippen LogP contribution in [0.5, 0.6) is 0 Å². The minimum Gasteiger partial charge on any atom is -0.353 e. The van der Waals surface area contributed by atoms with Crippen LogP contribution in [0, 0.1) is 0 Å². The zero-order valence-corrected chi connectivity index (χ0v) is 9.43. The van der Waals surface area contributed by atoms with E-state index in [2.05, 4.69) is 6.58 Å². The summed E-state index contributed by atoms with van der Waals surface area (Å²) in [6.45, 7) is 10.9. The Balaban J connectivity index is 3.86. The molecule has 1 atom stereocenters. The van der Waals surface area contributed by atoms with E-state index in [1.54, 1.807) is 0 Å². The molecule has 0 saturated carbocycles. The second-order valence-corrected chi connectivity index (χ2v) is 3.47. The highest BCUT2D eigenvalue weighted by Crippen LogP contribution is 2.15. The smallest absolute Gasteiger partial charge is 0.161 e. The highest BCUT2D eigenvalue weighted by molar-refractivity contribution is 6.22. The third-order valence-corrected chi connectivity index (χ3v) is 2.01. The fourth-order valence-corrected chi connectivity index (χ4v) is 1.00. The molecule has 0 rings (SSSR count). The molecule has 0 aromatic rings. The molecule has 0 amide bonds. The van der Waals surface area contributed by atoms with Gasteiger partial charge in [0.1, 0.15) is 0 Å². The summed E-state index contributed by atoms with van der Waals surface area (Å²) in [4.78, 5) is 0. The van der Waals surface area contributed by atoms with Gasteiger partial charge in [0.05, 0.1) is 5.38 Å². The Kier molecular flexibility index (Phi) is 7.33. The molecule has 0 heterocycles. The second kappa shape index (κ2) is 7.36. The van der Waals surface area contributed by atoms with Crippen molar-refractivity contribution >= 4 is 11.6 Å². The molecule has 0 aliphatic carbocycles. The van der Waals surface area contributed by atoms with Crippen LogP contribution in [-0.4, -0.2) is 24.9 Å². The molecule has 0 fully saturated rings. The molecule has 0 spiro atoms. The molecule has 0 aromatic heterocycles. The third kappa shape index (κ3) is 6.08. The number of hydrogen-bond donors (Lipinski definition) is 0. The average Bonchev–Trinajstić information content (AvgIpc) is 2.05. The van der Waals surface area contributed by atoms with E-state index in [1.807, 2.05) is 20.8 Å².